The predicted molar refractivity (Wildman–Crippen MR) is 80.8 cm³/mol. The van der Waals surface area contributed by atoms with Crippen LogP contribution in [0, 0.1) is 17.3 Å². The number of amides is 1. The van der Waals surface area contributed by atoms with Gasteiger partial charge in [-0.1, -0.05) is 54.9 Å². The van der Waals surface area contributed by atoms with Gasteiger partial charge in [0.05, 0.1) is 12.2 Å². The molecule has 1 N–H and O–H groups in total. The second-order valence-electron chi connectivity index (χ2n) is 7.45. The number of rotatable bonds is 5. The Morgan fingerprint density at radius 3 is 2.26 bits per heavy atom. The molecule has 0 aromatic heterocycles. The van der Waals surface area contributed by atoms with Gasteiger partial charge in [0, 0.05) is 6.54 Å². The van der Waals surface area contributed by atoms with Crippen molar-refractivity contribution in [2.45, 2.75) is 73.5 Å². The van der Waals surface area contributed by atoms with Crippen LogP contribution in [0.1, 0.15) is 61.3 Å². The van der Waals surface area contributed by atoms with Gasteiger partial charge in [-0.2, -0.15) is 0 Å². The zero-order chi connectivity index (χ0) is 14.8. The Hall–Kier alpha value is -0.570. The Labute approximate surface area is 119 Å². The van der Waals surface area contributed by atoms with E-state index in [2.05, 4.69) is 58.7 Å². The SMILES string of the molecule is CCCC1NC(C(C)C)C(=O)N1CC(C)C(C)(C)C. The minimum absolute atomic E-state index is 0.00344. The molecule has 0 saturated carbocycles. The lowest BCUT2D eigenvalue weighted by Crippen LogP contribution is -2.42. The summed E-state index contributed by atoms with van der Waals surface area (Å²) in [5.74, 6) is 1.16. The van der Waals surface area contributed by atoms with E-state index in [-0.39, 0.29) is 17.6 Å². The molecule has 1 amide bonds. The van der Waals surface area contributed by atoms with Crippen LogP contribution < -0.4 is 5.32 Å². The number of hydrogen-bond acceptors (Lipinski definition) is 2. The normalized spacial score (nSPS) is 26.3. The van der Waals surface area contributed by atoms with Gasteiger partial charge >= 0.3 is 0 Å². The molecule has 112 valence electrons. The lowest BCUT2D eigenvalue weighted by Gasteiger charge is -2.33. The summed E-state index contributed by atoms with van der Waals surface area (Å²) in [6.07, 6.45) is 2.39. The van der Waals surface area contributed by atoms with E-state index in [0.717, 1.165) is 19.4 Å². The molecule has 3 nitrogen and oxygen atoms in total. The highest BCUT2D eigenvalue weighted by Crippen LogP contribution is 2.29. The van der Waals surface area contributed by atoms with Crippen molar-refractivity contribution in [3.8, 4) is 0 Å². The molecule has 0 spiro atoms. The van der Waals surface area contributed by atoms with Gasteiger partial charge in [0.2, 0.25) is 5.91 Å². The molecule has 0 radical (unpaired) electrons. The average Bonchev–Trinajstić information content (AvgIpc) is 2.57. The first kappa shape index (κ1) is 16.5. The van der Waals surface area contributed by atoms with Gasteiger partial charge in [0.15, 0.2) is 0 Å². The number of nitrogens with zero attached hydrogens (tertiary/aromatic N) is 1. The molecule has 3 atom stereocenters. The number of carbonyl (C=O) groups excluding carboxylic acids is 1. The smallest absolute Gasteiger partial charge is 0.241 e. The van der Waals surface area contributed by atoms with E-state index < -0.39 is 0 Å². The number of hydrogen-bond donors (Lipinski definition) is 1. The maximum Gasteiger partial charge on any atom is 0.241 e. The van der Waals surface area contributed by atoms with Crippen LogP contribution in [0.3, 0.4) is 0 Å². The van der Waals surface area contributed by atoms with Crippen LogP contribution in [0.2, 0.25) is 0 Å². The predicted octanol–water partition coefficient (Wildman–Crippen LogP) is 3.25. The third kappa shape index (κ3) is 3.95. The molecule has 0 aromatic carbocycles. The average molecular weight is 268 g/mol. The topological polar surface area (TPSA) is 32.3 Å². The Morgan fingerprint density at radius 2 is 1.84 bits per heavy atom. The third-order valence-corrected chi connectivity index (χ3v) is 4.48. The Bertz CT molecular complexity index is 306. The van der Waals surface area contributed by atoms with Crippen molar-refractivity contribution in [2.24, 2.45) is 17.3 Å². The Kier molecular flexibility index (Phi) is 5.43. The molecular formula is C16H32N2O. The first-order chi connectivity index (χ1) is 8.68. The van der Waals surface area contributed by atoms with Crippen molar-refractivity contribution in [1.82, 2.24) is 10.2 Å². The molecule has 1 fully saturated rings. The lowest BCUT2D eigenvalue weighted by atomic mass is 9.81. The molecule has 19 heavy (non-hydrogen) atoms. The summed E-state index contributed by atoms with van der Waals surface area (Å²) in [5.41, 5.74) is 0.243. The van der Waals surface area contributed by atoms with Gasteiger partial charge in [0.1, 0.15) is 0 Å². The molecule has 0 aromatic rings. The Balaban J connectivity index is 2.80. The number of carbonyl (C=O) groups is 1. The van der Waals surface area contributed by atoms with Gasteiger partial charge in [-0.05, 0) is 23.7 Å². The summed E-state index contributed by atoms with van der Waals surface area (Å²) in [7, 11) is 0. The van der Waals surface area contributed by atoms with Gasteiger partial charge < -0.3 is 4.90 Å². The molecule has 0 aliphatic carbocycles. The molecule has 1 rings (SSSR count). The molecule has 3 heteroatoms. The summed E-state index contributed by atoms with van der Waals surface area (Å²) in [4.78, 5) is 14.6. The Morgan fingerprint density at radius 1 is 1.26 bits per heavy atom. The van der Waals surface area contributed by atoms with Crippen LogP contribution in [0.25, 0.3) is 0 Å². The van der Waals surface area contributed by atoms with E-state index in [1.54, 1.807) is 0 Å². The van der Waals surface area contributed by atoms with Gasteiger partial charge in [-0.15, -0.1) is 0 Å². The minimum Gasteiger partial charge on any atom is -0.326 e. The van der Waals surface area contributed by atoms with Crippen LogP contribution in [0.5, 0.6) is 0 Å². The minimum atomic E-state index is 0.00344. The molecule has 0 bridgehead atoms. The molecule has 1 heterocycles. The summed E-state index contributed by atoms with van der Waals surface area (Å²) in [6.45, 7) is 16.3. The highest BCUT2D eigenvalue weighted by atomic mass is 16.2. The van der Waals surface area contributed by atoms with Crippen molar-refractivity contribution in [1.29, 1.82) is 0 Å². The zero-order valence-electron chi connectivity index (χ0n) is 13.8. The van der Waals surface area contributed by atoms with Crippen molar-refractivity contribution in [3.63, 3.8) is 0 Å². The maximum absolute atomic E-state index is 12.6. The first-order valence-electron chi connectivity index (χ1n) is 7.75. The largest absolute Gasteiger partial charge is 0.326 e. The monoisotopic (exact) mass is 268 g/mol. The van der Waals surface area contributed by atoms with Crippen molar-refractivity contribution >= 4 is 5.91 Å². The maximum atomic E-state index is 12.6. The fraction of sp³-hybridized carbons (Fsp3) is 0.938. The summed E-state index contributed by atoms with van der Waals surface area (Å²) >= 11 is 0. The van der Waals surface area contributed by atoms with Crippen LogP contribution in [0.4, 0.5) is 0 Å². The fourth-order valence-corrected chi connectivity index (χ4v) is 2.48. The molecule has 1 saturated heterocycles. The molecule has 3 unspecified atom stereocenters. The van der Waals surface area contributed by atoms with Crippen molar-refractivity contribution in [3.05, 3.63) is 0 Å². The lowest BCUT2D eigenvalue weighted by molar-refractivity contribution is -0.131. The summed E-state index contributed by atoms with van der Waals surface area (Å²) in [5, 5.41) is 3.52. The fourth-order valence-electron chi connectivity index (χ4n) is 2.48. The van der Waals surface area contributed by atoms with E-state index in [1.807, 2.05) is 0 Å². The van der Waals surface area contributed by atoms with Gasteiger partial charge in [0.25, 0.3) is 0 Å². The quantitative estimate of drug-likeness (QED) is 0.830. The highest BCUT2D eigenvalue weighted by molar-refractivity contribution is 5.84. The van der Waals surface area contributed by atoms with Gasteiger partial charge in [-0.3, -0.25) is 10.1 Å². The summed E-state index contributed by atoms with van der Waals surface area (Å²) in [6, 6.07) is 0.00344. The molecule has 1 aliphatic rings. The van der Waals surface area contributed by atoms with Crippen LogP contribution in [-0.2, 0) is 4.79 Å². The van der Waals surface area contributed by atoms with Crippen LogP contribution >= 0.6 is 0 Å². The van der Waals surface area contributed by atoms with E-state index >= 15 is 0 Å². The van der Waals surface area contributed by atoms with Crippen LogP contribution in [0.15, 0.2) is 0 Å². The second kappa shape index (κ2) is 6.25. The summed E-state index contributed by atoms with van der Waals surface area (Å²) < 4.78 is 0. The van der Waals surface area contributed by atoms with Crippen molar-refractivity contribution in [2.75, 3.05) is 6.54 Å². The van der Waals surface area contributed by atoms with E-state index in [0.29, 0.717) is 17.7 Å². The zero-order valence-corrected chi connectivity index (χ0v) is 13.8. The van der Waals surface area contributed by atoms with E-state index in [9.17, 15) is 4.79 Å². The van der Waals surface area contributed by atoms with E-state index in [4.69, 9.17) is 0 Å². The van der Waals surface area contributed by atoms with Gasteiger partial charge in [-0.25, -0.2) is 0 Å². The first-order valence-corrected chi connectivity index (χ1v) is 7.75. The molecule has 1 aliphatic heterocycles. The second-order valence-corrected chi connectivity index (χ2v) is 7.45. The van der Waals surface area contributed by atoms with Crippen molar-refractivity contribution < 1.29 is 4.79 Å². The van der Waals surface area contributed by atoms with E-state index in [1.165, 1.54) is 0 Å². The highest BCUT2D eigenvalue weighted by Gasteiger charge is 2.40. The standard InChI is InChI=1S/C16H32N2O/c1-8-9-13-17-14(11(2)3)15(19)18(13)10-12(4)16(5,6)7/h11-14,17H,8-10H2,1-7H3. The van der Waals surface area contributed by atoms with Crippen LogP contribution in [-0.4, -0.2) is 29.6 Å². The molecular weight excluding hydrogens is 236 g/mol. The number of nitrogens with one attached hydrogen (secondary N) is 1. The third-order valence-electron chi connectivity index (χ3n) is 4.48.